The van der Waals surface area contributed by atoms with Gasteiger partial charge in [-0.3, -0.25) is 0 Å². The van der Waals surface area contributed by atoms with Gasteiger partial charge in [0.2, 0.25) is 0 Å². The summed E-state index contributed by atoms with van der Waals surface area (Å²) >= 11 is 12.0. The van der Waals surface area contributed by atoms with E-state index < -0.39 is 0 Å². The second-order valence-corrected chi connectivity index (χ2v) is 5.62. The molecule has 3 rings (SSSR count). The minimum Gasteiger partial charge on any atom is -0.399 e. The number of hydrogen-bond acceptors (Lipinski definition) is 1. The highest BCUT2D eigenvalue weighted by Gasteiger charge is 2.23. The molecule has 92 valence electrons. The first-order valence-corrected chi connectivity index (χ1v) is 6.71. The van der Waals surface area contributed by atoms with Gasteiger partial charge in [0, 0.05) is 5.69 Å². The number of fused-ring (bicyclic) bond motifs is 1. The van der Waals surface area contributed by atoms with Crippen LogP contribution in [0.2, 0.25) is 10.0 Å². The van der Waals surface area contributed by atoms with E-state index in [9.17, 15) is 0 Å². The molecule has 1 unspecified atom stereocenters. The number of anilines is 1. The maximum atomic E-state index is 6.08. The first-order valence-electron chi connectivity index (χ1n) is 5.95. The molecule has 1 atom stereocenters. The zero-order valence-corrected chi connectivity index (χ0v) is 11.3. The lowest BCUT2D eigenvalue weighted by Crippen LogP contribution is -1.97. The zero-order valence-electron chi connectivity index (χ0n) is 9.79. The van der Waals surface area contributed by atoms with Gasteiger partial charge in [-0.15, -0.1) is 0 Å². The van der Waals surface area contributed by atoms with E-state index in [1.165, 1.54) is 16.7 Å². The smallest absolute Gasteiger partial charge is 0.0595 e. The maximum absolute atomic E-state index is 6.08. The number of hydrogen-bond donors (Lipinski definition) is 1. The largest absolute Gasteiger partial charge is 0.399 e. The Morgan fingerprint density at radius 3 is 2.44 bits per heavy atom. The molecule has 0 amide bonds. The lowest BCUT2D eigenvalue weighted by Gasteiger charge is -2.10. The fourth-order valence-corrected chi connectivity index (χ4v) is 2.95. The Morgan fingerprint density at radius 1 is 0.889 bits per heavy atom. The van der Waals surface area contributed by atoms with E-state index in [1.54, 1.807) is 0 Å². The molecule has 18 heavy (non-hydrogen) atoms. The Bertz CT molecular complexity index is 607. The minimum atomic E-state index is 0.483. The Labute approximate surface area is 117 Å². The Balaban J connectivity index is 1.91. The van der Waals surface area contributed by atoms with E-state index in [0.29, 0.717) is 16.0 Å². The maximum Gasteiger partial charge on any atom is 0.0595 e. The van der Waals surface area contributed by atoms with Crippen LogP contribution in [0.3, 0.4) is 0 Å². The fraction of sp³-hybridized carbons (Fsp3) is 0.200. The summed E-state index contributed by atoms with van der Waals surface area (Å²) in [5.74, 6) is 0.483. The topological polar surface area (TPSA) is 26.0 Å². The van der Waals surface area contributed by atoms with Crippen LogP contribution < -0.4 is 5.73 Å². The lowest BCUT2D eigenvalue weighted by atomic mass is 9.96. The molecular weight excluding hydrogens is 265 g/mol. The summed E-state index contributed by atoms with van der Waals surface area (Å²) in [5.41, 5.74) is 10.6. The van der Waals surface area contributed by atoms with Crippen molar-refractivity contribution in [3.8, 4) is 0 Å². The molecule has 1 nitrogen and oxygen atoms in total. The summed E-state index contributed by atoms with van der Waals surface area (Å²) in [4.78, 5) is 0. The van der Waals surface area contributed by atoms with Crippen LogP contribution in [0.15, 0.2) is 36.4 Å². The van der Waals surface area contributed by atoms with Gasteiger partial charge in [-0.25, -0.2) is 0 Å². The van der Waals surface area contributed by atoms with Gasteiger partial charge < -0.3 is 5.73 Å². The molecule has 0 aliphatic heterocycles. The van der Waals surface area contributed by atoms with Gasteiger partial charge in [0.1, 0.15) is 0 Å². The first-order chi connectivity index (χ1) is 8.63. The van der Waals surface area contributed by atoms with Crippen LogP contribution in [-0.2, 0) is 12.8 Å². The minimum absolute atomic E-state index is 0.483. The summed E-state index contributed by atoms with van der Waals surface area (Å²) in [7, 11) is 0. The average molecular weight is 278 g/mol. The van der Waals surface area contributed by atoms with Crippen LogP contribution in [0.1, 0.15) is 22.6 Å². The molecule has 2 aromatic carbocycles. The Morgan fingerprint density at radius 2 is 1.67 bits per heavy atom. The summed E-state index contributed by atoms with van der Waals surface area (Å²) < 4.78 is 0. The molecule has 0 saturated heterocycles. The van der Waals surface area contributed by atoms with Crippen LogP contribution in [0.4, 0.5) is 5.69 Å². The van der Waals surface area contributed by atoms with E-state index >= 15 is 0 Å². The van der Waals surface area contributed by atoms with Crippen molar-refractivity contribution in [1.82, 2.24) is 0 Å². The Hall–Kier alpha value is -1.18. The second-order valence-electron chi connectivity index (χ2n) is 4.81. The van der Waals surface area contributed by atoms with Crippen LogP contribution in [0, 0.1) is 0 Å². The normalized spacial score (nSPS) is 17.8. The number of halogens is 2. The first kappa shape index (κ1) is 11.9. The monoisotopic (exact) mass is 277 g/mol. The van der Waals surface area contributed by atoms with Crippen molar-refractivity contribution >= 4 is 28.9 Å². The molecular formula is C15H13Cl2N. The summed E-state index contributed by atoms with van der Waals surface area (Å²) in [6.07, 6.45) is 2.08. The molecule has 2 N–H and O–H groups in total. The molecule has 0 radical (unpaired) electrons. The van der Waals surface area contributed by atoms with Gasteiger partial charge in [-0.05, 0) is 59.7 Å². The fourth-order valence-electron chi connectivity index (χ4n) is 2.64. The van der Waals surface area contributed by atoms with Crippen molar-refractivity contribution in [2.75, 3.05) is 5.73 Å². The van der Waals surface area contributed by atoms with E-state index in [0.717, 1.165) is 18.5 Å². The van der Waals surface area contributed by atoms with E-state index in [2.05, 4.69) is 18.2 Å². The highest BCUT2D eigenvalue weighted by Crippen LogP contribution is 2.36. The van der Waals surface area contributed by atoms with Crippen molar-refractivity contribution in [2.24, 2.45) is 0 Å². The highest BCUT2D eigenvalue weighted by molar-refractivity contribution is 6.42. The van der Waals surface area contributed by atoms with Gasteiger partial charge in [0.25, 0.3) is 0 Å². The number of benzene rings is 2. The molecule has 3 heteroatoms. The molecule has 1 aliphatic carbocycles. The molecule has 1 aliphatic rings. The quantitative estimate of drug-likeness (QED) is 0.766. The predicted octanol–water partition coefficient (Wildman–Crippen LogP) is 4.46. The number of rotatable bonds is 1. The summed E-state index contributed by atoms with van der Waals surface area (Å²) in [6.45, 7) is 0. The molecule has 0 fully saturated rings. The van der Waals surface area contributed by atoms with Gasteiger partial charge >= 0.3 is 0 Å². The standard InChI is InChI=1S/C15H13Cl2N/c16-14-4-2-10(8-15(14)17)11-5-9-1-3-13(18)7-12(9)6-11/h1-4,7-8,11H,5-6,18H2. The molecule has 0 aromatic heterocycles. The van der Waals surface area contributed by atoms with Crippen molar-refractivity contribution < 1.29 is 0 Å². The van der Waals surface area contributed by atoms with Crippen LogP contribution in [0.25, 0.3) is 0 Å². The van der Waals surface area contributed by atoms with Gasteiger partial charge in [0.15, 0.2) is 0 Å². The van der Waals surface area contributed by atoms with Crippen molar-refractivity contribution in [1.29, 1.82) is 0 Å². The van der Waals surface area contributed by atoms with E-state index in [1.807, 2.05) is 18.2 Å². The van der Waals surface area contributed by atoms with Crippen LogP contribution >= 0.6 is 23.2 Å². The van der Waals surface area contributed by atoms with Crippen LogP contribution in [-0.4, -0.2) is 0 Å². The second kappa shape index (κ2) is 4.49. The lowest BCUT2D eigenvalue weighted by molar-refractivity contribution is 0.742. The number of nitrogens with two attached hydrogens (primary N) is 1. The van der Waals surface area contributed by atoms with Gasteiger partial charge in [-0.1, -0.05) is 35.3 Å². The van der Waals surface area contributed by atoms with Gasteiger partial charge in [-0.2, -0.15) is 0 Å². The van der Waals surface area contributed by atoms with E-state index in [4.69, 9.17) is 28.9 Å². The third-order valence-corrected chi connectivity index (χ3v) is 4.32. The predicted molar refractivity (Wildman–Crippen MR) is 77.5 cm³/mol. The van der Waals surface area contributed by atoms with Gasteiger partial charge in [0.05, 0.1) is 10.0 Å². The third kappa shape index (κ3) is 2.09. The highest BCUT2D eigenvalue weighted by atomic mass is 35.5. The zero-order chi connectivity index (χ0) is 12.7. The molecule has 0 spiro atoms. The van der Waals surface area contributed by atoms with Crippen molar-refractivity contribution in [2.45, 2.75) is 18.8 Å². The SMILES string of the molecule is Nc1ccc2c(c1)CC(c1ccc(Cl)c(Cl)c1)C2. The molecule has 0 saturated carbocycles. The van der Waals surface area contributed by atoms with E-state index in [-0.39, 0.29) is 0 Å². The van der Waals surface area contributed by atoms with Crippen molar-refractivity contribution in [3.63, 3.8) is 0 Å². The molecule has 0 heterocycles. The molecule has 2 aromatic rings. The summed E-state index contributed by atoms with van der Waals surface area (Å²) in [6, 6.07) is 12.1. The Kier molecular flexibility index (Phi) is 2.96. The number of nitrogen functional groups attached to an aromatic ring is 1. The van der Waals surface area contributed by atoms with Crippen LogP contribution in [0.5, 0.6) is 0 Å². The van der Waals surface area contributed by atoms with Crippen molar-refractivity contribution in [3.05, 3.63) is 63.1 Å². The third-order valence-electron chi connectivity index (χ3n) is 3.58. The average Bonchev–Trinajstić information content (AvgIpc) is 2.75. The summed E-state index contributed by atoms with van der Waals surface area (Å²) in [5, 5.41) is 1.24. The molecule has 0 bridgehead atoms.